The van der Waals surface area contributed by atoms with Gasteiger partial charge in [0, 0.05) is 40.8 Å². The maximum atomic E-state index is 6.11. The van der Waals surface area contributed by atoms with Gasteiger partial charge in [-0.25, -0.2) is 0 Å². The van der Waals surface area contributed by atoms with Crippen molar-refractivity contribution >= 4 is 23.2 Å². The zero-order valence-corrected chi connectivity index (χ0v) is 11.5. The maximum Gasteiger partial charge on any atom is 0.0465 e. The summed E-state index contributed by atoms with van der Waals surface area (Å²) in [5.74, 6) is 0. The number of halogens is 2. The van der Waals surface area contributed by atoms with Gasteiger partial charge < -0.3 is 10.6 Å². The van der Waals surface area contributed by atoms with Crippen LogP contribution in [-0.4, -0.2) is 18.6 Å². The second kappa shape index (κ2) is 6.05. The van der Waals surface area contributed by atoms with Crippen LogP contribution < -0.4 is 10.6 Å². The first-order valence-electron chi connectivity index (χ1n) is 6.06. The fraction of sp³-hybridized carbons (Fsp3) is 0.538. The molecule has 1 unspecified atom stereocenters. The summed E-state index contributed by atoms with van der Waals surface area (Å²) in [5.41, 5.74) is 0.981. The third kappa shape index (κ3) is 4.14. The fourth-order valence-electron chi connectivity index (χ4n) is 1.68. The Kier molecular flexibility index (Phi) is 4.69. The van der Waals surface area contributed by atoms with Gasteiger partial charge in [-0.15, -0.1) is 0 Å². The Morgan fingerprint density at radius 3 is 2.53 bits per heavy atom. The molecule has 1 aromatic carbocycles. The molecule has 2 nitrogen and oxygen atoms in total. The largest absolute Gasteiger partial charge is 0.312 e. The maximum absolute atomic E-state index is 6.11. The molecule has 0 bridgehead atoms. The average molecular weight is 273 g/mol. The molecule has 0 spiro atoms. The van der Waals surface area contributed by atoms with Gasteiger partial charge in [0.2, 0.25) is 0 Å². The monoisotopic (exact) mass is 272 g/mol. The zero-order chi connectivity index (χ0) is 12.3. The second-order valence-corrected chi connectivity index (χ2v) is 5.48. The summed E-state index contributed by atoms with van der Waals surface area (Å²) in [4.78, 5) is 0. The number of hydrogen-bond acceptors (Lipinski definition) is 2. The molecule has 0 heterocycles. The minimum Gasteiger partial charge on any atom is -0.312 e. The lowest BCUT2D eigenvalue weighted by Gasteiger charge is -2.15. The molecule has 0 aromatic heterocycles. The van der Waals surface area contributed by atoms with Gasteiger partial charge in [-0.1, -0.05) is 29.3 Å². The SMILES string of the molecule is CC(CNC1CC1)NCc1c(Cl)cccc1Cl. The predicted molar refractivity (Wildman–Crippen MR) is 73.8 cm³/mol. The third-order valence-electron chi connectivity index (χ3n) is 2.98. The Balaban J connectivity index is 1.79. The van der Waals surface area contributed by atoms with Crippen LogP contribution in [0.1, 0.15) is 25.3 Å². The molecular formula is C13H18Cl2N2. The first kappa shape index (κ1) is 13.2. The van der Waals surface area contributed by atoms with E-state index in [1.54, 1.807) is 0 Å². The van der Waals surface area contributed by atoms with Gasteiger partial charge in [0.05, 0.1) is 0 Å². The quantitative estimate of drug-likeness (QED) is 0.831. The van der Waals surface area contributed by atoms with Crippen molar-refractivity contribution in [1.29, 1.82) is 0 Å². The molecule has 0 radical (unpaired) electrons. The van der Waals surface area contributed by atoms with E-state index >= 15 is 0 Å². The molecule has 1 aromatic rings. The molecule has 1 fully saturated rings. The van der Waals surface area contributed by atoms with Crippen LogP contribution in [-0.2, 0) is 6.54 Å². The Hall–Kier alpha value is -0.280. The van der Waals surface area contributed by atoms with Crippen LogP contribution >= 0.6 is 23.2 Å². The topological polar surface area (TPSA) is 24.1 Å². The smallest absolute Gasteiger partial charge is 0.0465 e. The molecule has 0 aliphatic heterocycles. The summed E-state index contributed by atoms with van der Waals surface area (Å²) in [5, 5.41) is 8.38. The average Bonchev–Trinajstić information content (AvgIpc) is 3.09. The van der Waals surface area contributed by atoms with Crippen molar-refractivity contribution in [2.45, 2.75) is 38.4 Å². The Morgan fingerprint density at radius 1 is 1.29 bits per heavy atom. The van der Waals surface area contributed by atoms with Crippen molar-refractivity contribution in [2.75, 3.05) is 6.54 Å². The van der Waals surface area contributed by atoms with Gasteiger partial charge in [0.15, 0.2) is 0 Å². The van der Waals surface area contributed by atoms with E-state index in [2.05, 4.69) is 17.6 Å². The first-order valence-corrected chi connectivity index (χ1v) is 6.82. The van der Waals surface area contributed by atoms with E-state index in [1.165, 1.54) is 12.8 Å². The van der Waals surface area contributed by atoms with E-state index in [0.717, 1.165) is 28.2 Å². The fourth-order valence-corrected chi connectivity index (χ4v) is 2.21. The van der Waals surface area contributed by atoms with Gasteiger partial charge in [-0.05, 0) is 31.9 Å². The van der Waals surface area contributed by atoms with Crippen LogP contribution in [0.3, 0.4) is 0 Å². The highest BCUT2D eigenvalue weighted by Gasteiger charge is 2.20. The first-order chi connectivity index (χ1) is 8.16. The molecule has 2 rings (SSSR count). The molecule has 4 heteroatoms. The zero-order valence-electron chi connectivity index (χ0n) is 9.97. The Morgan fingerprint density at radius 2 is 1.94 bits per heavy atom. The van der Waals surface area contributed by atoms with Crippen molar-refractivity contribution in [3.05, 3.63) is 33.8 Å². The minimum atomic E-state index is 0.419. The molecule has 17 heavy (non-hydrogen) atoms. The number of benzene rings is 1. The highest BCUT2D eigenvalue weighted by molar-refractivity contribution is 6.35. The highest BCUT2D eigenvalue weighted by Crippen LogP contribution is 2.24. The van der Waals surface area contributed by atoms with E-state index in [-0.39, 0.29) is 0 Å². The van der Waals surface area contributed by atoms with Crippen molar-refractivity contribution in [3.8, 4) is 0 Å². The molecule has 1 aliphatic carbocycles. The van der Waals surface area contributed by atoms with Crippen molar-refractivity contribution < 1.29 is 0 Å². The summed E-state index contributed by atoms with van der Waals surface area (Å²) in [6.45, 7) is 3.87. The van der Waals surface area contributed by atoms with E-state index < -0.39 is 0 Å². The van der Waals surface area contributed by atoms with Crippen molar-refractivity contribution in [3.63, 3.8) is 0 Å². The standard InChI is InChI=1S/C13H18Cl2N2/c1-9(7-17-10-5-6-10)16-8-11-12(14)3-2-4-13(11)15/h2-4,9-10,16-17H,5-8H2,1H3. The van der Waals surface area contributed by atoms with Crippen molar-refractivity contribution in [1.82, 2.24) is 10.6 Å². The molecule has 0 amide bonds. The third-order valence-corrected chi connectivity index (χ3v) is 3.69. The van der Waals surface area contributed by atoms with Crippen LogP contribution in [0.25, 0.3) is 0 Å². The van der Waals surface area contributed by atoms with E-state index in [0.29, 0.717) is 12.6 Å². The molecule has 0 saturated heterocycles. The molecule has 1 saturated carbocycles. The number of rotatable bonds is 6. The van der Waals surface area contributed by atoms with Crippen molar-refractivity contribution in [2.24, 2.45) is 0 Å². The minimum absolute atomic E-state index is 0.419. The Bertz CT molecular complexity index is 357. The van der Waals surface area contributed by atoms with E-state index in [1.807, 2.05) is 18.2 Å². The van der Waals surface area contributed by atoms with Gasteiger partial charge in [-0.2, -0.15) is 0 Å². The highest BCUT2D eigenvalue weighted by atomic mass is 35.5. The van der Waals surface area contributed by atoms with Crippen LogP contribution in [0.2, 0.25) is 10.0 Å². The predicted octanol–water partition coefficient (Wildman–Crippen LogP) is 3.22. The van der Waals surface area contributed by atoms with Crippen LogP contribution in [0, 0.1) is 0 Å². The summed E-state index contributed by atoms with van der Waals surface area (Å²) in [7, 11) is 0. The van der Waals surface area contributed by atoms with E-state index in [4.69, 9.17) is 23.2 Å². The van der Waals surface area contributed by atoms with Gasteiger partial charge >= 0.3 is 0 Å². The second-order valence-electron chi connectivity index (χ2n) is 4.66. The normalized spacial score (nSPS) is 17.1. The van der Waals surface area contributed by atoms with Crippen LogP contribution in [0.4, 0.5) is 0 Å². The summed E-state index contributed by atoms with van der Waals surface area (Å²) >= 11 is 12.2. The van der Waals surface area contributed by atoms with Gasteiger partial charge in [0.25, 0.3) is 0 Å². The van der Waals surface area contributed by atoms with Crippen LogP contribution in [0.15, 0.2) is 18.2 Å². The summed E-state index contributed by atoms with van der Waals surface area (Å²) in [6, 6.07) is 6.78. The lowest BCUT2D eigenvalue weighted by molar-refractivity contribution is 0.500. The molecule has 1 atom stereocenters. The Labute approximate surface area is 113 Å². The molecular weight excluding hydrogens is 255 g/mol. The lowest BCUT2D eigenvalue weighted by atomic mass is 10.2. The van der Waals surface area contributed by atoms with Gasteiger partial charge in [-0.3, -0.25) is 0 Å². The van der Waals surface area contributed by atoms with Gasteiger partial charge in [0.1, 0.15) is 0 Å². The lowest BCUT2D eigenvalue weighted by Crippen LogP contribution is -2.36. The summed E-state index contributed by atoms with van der Waals surface area (Å²) in [6.07, 6.45) is 2.64. The molecule has 1 aliphatic rings. The summed E-state index contributed by atoms with van der Waals surface area (Å²) < 4.78 is 0. The molecule has 2 N–H and O–H groups in total. The van der Waals surface area contributed by atoms with Crippen LogP contribution in [0.5, 0.6) is 0 Å². The van der Waals surface area contributed by atoms with E-state index in [9.17, 15) is 0 Å². The molecule has 94 valence electrons. The number of nitrogens with one attached hydrogen (secondary N) is 2. The number of hydrogen-bond donors (Lipinski definition) is 2.